The van der Waals surface area contributed by atoms with Crippen molar-refractivity contribution in [3.8, 4) is 0 Å². The van der Waals surface area contributed by atoms with Crippen LogP contribution in [0.25, 0.3) is 0 Å². The normalized spacial score (nSPS) is 43.4. The van der Waals surface area contributed by atoms with Gasteiger partial charge < -0.3 is 26.0 Å². The molecule has 0 bridgehead atoms. The van der Waals surface area contributed by atoms with Crippen LogP contribution >= 0.6 is 0 Å². The average molecular weight is 711 g/mol. The number of carbonyl (C=O) groups is 3. The number of fused-ring (bicyclic) bond motifs is 7. The Morgan fingerprint density at radius 3 is 2.16 bits per heavy atom. The number of hydrogen-bond acceptors (Lipinski definition) is 7. The highest BCUT2D eigenvalue weighted by molar-refractivity contribution is 6.00. The summed E-state index contributed by atoms with van der Waals surface area (Å²) >= 11 is 0. The van der Waals surface area contributed by atoms with Gasteiger partial charge in [0.05, 0.1) is 17.9 Å². The predicted molar refractivity (Wildman–Crippen MR) is 199 cm³/mol. The highest BCUT2D eigenvalue weighted by Crippen LogP contribution is 2.77. The Kier molecular flexibility index (Phi) is 9.45. The monoisotopic (exact) mass is 711 g/mol. The first-order chi connectivity index (χ1) is 23.4. The Hall–Kier alpha value is -1.77. The third-order valence-electron chi connectivity index (χ3n) is 17.1. The van der Waals surface area contributed by atoms with Crippen molar-refractivity contribution in [3.05, 3.63) is 11.1 Å². The van der Waals surface area contributed by atoms with Gasteiger partial charge in [0.15, 0.2) is 5.78 Å². The molecule has 5 saturated carbocycles. The van der Waals surface area contributed by atoms with E-state index in [4.69, 9.17) is 10.5 Å². The summed E-state index contributed by atoms with van der Waals surface area (Å²) in [5, 5.41) is 25.1. The molecule has 5 N–H and O–H groups in total. The van der Waals surface area contributed by atoms with Gasteiger partial charge in [-0.3, -0.25) is 14.4 Å². The molecule has 0 saturated heterocycles. The largest absolute Gasteiger partial charge is 0.481 e. The number of aliphatic hydroxyl groups is 1. The Morgan fingerprint density at radius 2 is 1.57 bits per heavy atom. The van der Waals surface area contributed by atoms with Crippen molar-refractivity contribution in [1.82, 2.24) is 5.32 Å². The maximum atomic E-state index is 14.0. The summed E-state index contributed by atoms with van der Waals surface area (Å²) in [5.74, 6) is -0.391. The third-order valence-corrected chi connectivity index (χ3v) is 17.1. The molecule has 0 spiro atoms. The Morgan fingerprint density at radius 1 is 0.902 bits per heavy atom. The van der Waals surface area contributed by atoms with Gasteiger partial charge in [0.2, 0.25) is 0 Å². The molecular formula is C43H70N2O6. The standard InChI is InChI=1S/C43H70N2O6/c1-24(2)33-28(46)21-43(31(47)22-45-23-37(3,4)44)19-18-41(10)25(34(33)43)12-13-30-40(9)16-15-32(39(7,8)29(40)14-17-42(30,41)11)51-36(50)27-20-26(35(48)49)38(27,5)6/h24-27,29-32,45,47H,12-23,44H2,1-11H3,(H,48,49)/t25-,26+,27-,29+,30-,31+,32+,40+,41-,42-,43+/m1/s1. The van der Waals surface area contributed by atoms with Gasteiger partial charge in [0.25, 0.3) is 0 Å². The van der Waals surface area contributed by atoms with Gasteiger partial charge in [0, 0.05) is 35.9 Å². The van der Waals surface area contributed by atoms with Crippen LogP contribution in [0.1, 0.15) is 140 Å². The van der Waals surface area contributed by atoms with Crippen LogP contribution in [0.15, 0.2) is 11.1 Å². The van der Waals surface area contributed by atoms with Crippen LogP contribution < -0.4 is 11.1 Å². The van der Waals surface area contributed by atoms with Crippen LogP contribution in [-0.4, -0.2) is 58.8 Å². The minimum Gasteiger partial charge on any atom is -0.481 e. The minimum absolute atomic E-state index is 0.00380. The molecule has 288 valence electrons. The van der Waals surface area contributed by atoms with E-state index in [2.05, 4.69) is 53.8 Å². The van der Waals surface area contributed by atoms with Gasteiger partial charge in [-0.1, -0.05) is 67.9 Å². The number of aliphatic hydroxyl groups excluding tert-OH is 1. The molecule has 0 amide bonds. The number of Topliss-reactive ketones (excluding diaryl/α,β-unsaturated/α-hetero) is 1. The second-order valence-corrected chi connectivity index (χ2v) is 21.3. The summed E-state index contributed by atoms with van der Waals surface area (Å²) in [6, 6.07) is 0. The SMILES string of the molecule is CC(C)C1=C2[C@H]3CC[C@@H]4[C@@]5(C)CC[C@H](OC(=O)[C@H]6C[C@@H](C(=O)O)C6(C)C)C(C)(C)[C@@H]5CC[C@@]4(C)[C@]3(C)CC[C@@]2([C@@H](O)CNCC(C)(C)N)CC1=O. The number of ketones is 1. The quantitative estimate of drug-likeness (QED) is 0.183. The van der Waals surface area contributed by atoms with E-state index in [1.807, 2.05) is 27.7 Å². The second-order valence-electron chi connectivity index (χ2n) is 21.3. The van der Waals surface area contributed by atoms with E-state index in [0.717, 1.165) is 56.9 Å². The molecule has 0 aromatic heterocycles. The molecule has 0 unspecified atom stereocenters. The van der Waals surface area contributed by atoms with Gasteiger partial charge in [-0.05, 0) is 123 Å². The van der Waals surface area contributed by atoms with E-state index in [9.17, 15) is 24.6 Å². The van der Waals surface area contributed by atoms with E-state index >= 15 is 0 Å². The number of aliphatic carboxylic acids is 1. The Bertz CT molecular complexity index is 1470. The van der Waals surface area contributed by atoms with E-state index in [0.29, 0.717) is 37.8 Å². The predicted octanol–water partition coefficient (Wildman–Crippen LogP) is 7.31. The van der Waals surface area contributed by atoms with Crippen LogP contribution in [0, 0.1) is 68.0 Å². The molecule has 0 heterocycles. The summed E-state index contributed by atoms with van der Waals surface area (Å²) in [4.78, 5) is 39.3. The average Bonchev–Trinajstić information content (AvgIpc) is 3.31. The first-order valence-corrected chi connectivity index (χ1v) is 20.3. The number of hydrogen-bond donors (Lipinski definition) is 4. The zero-order valence-corrected chi connectivity index (χ0v) is 33.7. The molecule has 51 heavy (non-hydrogen) atoms. The molecule has 0 radical (unpaired) electrons. The Balaban J connectivity index is 1.26. The molecule has 11 atom stereocenters. The van der Waals surface area contributed by atoms with Gasteiger partial charge in [-0.2, -0.15) is 0 Å². The van der Waals surface area contributed by atoms with Crippen LogP contribution in [0.3, 0.4) is 0 Å². The number of carbonyl (C=O) groups excluding carboxylic acids is 2. The molecular weight excluding hydrogens is 640 g/mol. The minimum atomic E-state index is -0.828. The van der Waals surface area contributed by atoms with Crippen molar-refractivity contribution in [2.75, 3.05) is 13.1 Å². The lowest BCUT2D eigenvalue weighted by molar-refractivity contribution is -0.238. The lowest BCUT2D eigenvalue weighted by atomic mass is 9.33. The van der Waals surface area contributed by atoms with Crippen LogP contribution in [0.5, 0.6) is 0 Å². The number of allylic oxidation sites excluding steroid dienone is 1. The molecule has 5 fully saturated rings. The summed E-state index contributed by atoms with van der Waals surface area (Å²) in [6.07, 6.45) is 7.94. The van der Waals surface area contributed by atoms with Crippen LogP contribution in [0.4, 0.5) is 0 Å². The molecule has 6 aliphatic carbocycles. The number of rotatable bonds is 9. The summed E-state index contributed by atoms with van der Waals surface area (Å²) in [6.45, 7) is 25.4. The molecule has 8 heteroatoms. The molecule has 6 aliphatic rings. The summed E-state index contributed by atoms with van der Waals surface area (Å²) < 4.78 is 6.40. The molecule has 0 aliphatic heterocycles. The van der Waals surface area contributed by atoms with Crippen molar-refractivity contribution >= 4 is 17.7 Å². The van der Waals surface area contributed by atoms with Crippen molar-refractivity contribution in [3.63, 3.8) is 0 Å². The lowest BCUT2D eigenvalue weighted by Crippen LogP contribution is -2.66. The van der Waals surface area contributed by atoms with E-state index < -0.39 is 28.8 Å². The van der Waals surface area contributed by atoms with E-state index in [-0.39, 0.29) is 62.8 Å². The number of ether oxygens (including phenoxy) is 1. The van der Waals surface area contributed by atoms with E-state index in [1.54, 1.807) is 0 Å². The molecule has 0 aromatic carbocycles. The highest BCUT2D eigenvalue weighted by Gasteiger charge is 2.71. The highest BCUT2D eigenvalue weighted by atomic mass is 16.5. The fourth-order valence-corrected chi connectivity index (χ4v) is 14.0. The van der Waals surface area contributed by atoms with E-state index in [1.165, 1.54) is 5.57 Å². The smallest absolute Gasteiger partial charge is 0.309 e. The van der Waals surface area contributed by atoms with Gasteiger partial charge in [-0.15, -0.1) is 0 Å². The lowest BCUT2D eigenvalue weighted by Gasteiger charge is -2.72. The fourth-order valence-electron chi connectivity index (χ4n) is 14.0. The van der Waals surface area contributed by atoms with Gasteiger partial charge in [0.1, 0.15) is 6.10 Å². The van der Waals surface area contributed by atoms with Crippen molar-refractivity contribution < 1.29 is 29.3 Å². The zero-order valence-electron chi connectivity index (χ0n) is 33.7. The van der Waals surface area contributed by atoms with Gasteiger partial charge >= 0.3 is 11.9 Å². The molecule has 0 aromatic rings. The number of nitrogens with one attached hydrogen (secondary N) is 1. The summed E-state index contributed by atoms with van der Waals surface area (Å²) in [5.41, 5.74) is 7.03. The third kappa shape index (κ3) is 5.64. The topological polar surface area (TPSA) is 139 Å². The first-order valence-electron chi connectivity index (χ1n) is 20.3. The maximum Gasteiger partial charge on any atom is 0.309 e. The number of carboxylic acids is 1. The second kappa shape index (κ2) is 12.4. The zero-order chi connectivity index (χ0) is 37.9. The molecule has 6 rings (SSSR count). The van der Waals surface area contributed by atoms with Crippen molar-refractivity contribution in [2.24, 2.45) is 73.7 Å². The van der Waals surface area contributed by atoms with Crippen molar-refractivity contribution in [2.45, 2.75) is 158 Å². The number of esters is 1. The number of carboxylic acid groups (broad SMARTS) is 1. The van der Waals surface area contributed by atoms with Gasteiger partial charge in [-0.25, -0.2) is 0 Å². The Labute approximate surface area is 307 Å². The van der Waals surface area contributed by atoms with Crippen LogP contribution in [-0.2, 0) is 19.1 Å². The number of nitrogens with two attached hydrogens (primary N) is 1. The summed E-state index contributed by atoms with van der Waals surface area (Å²) in [7, 11) is 0. The first kappa shape index (κ1) is 38.9. The molecule has 8 nitrogen and oxygen atoms in total. The van der Waals surface area contributed by atoms with Crippen LogP contribution in [0.2, 0.25) is 0 Å². The fraction of sp³-hybridized carbons (Fsp3) is 0.884. The van der Waals surface area contributed by atoms with Crippen molar-refractivity contribution in [1.29, 1.82) is 0 Å². The maximum absolute atomic E-state index is 14.0.